The first-order chi connectivity index (χ1) is 22.4. The maximum Gasteiger partial charge on any atom is 0.328 e. The van der Waals surface area contributed by atoms with E-state index in [9.17, 15) is 14.4 Å². The molecule has 8 heteroatoms. The first-order valence-corrected chi connectivity index (χ1v) is 16.6. The second-order valence-electron chi connectivity index (χ2n) is 12.9. The molecule has 2 fully saturated rings. The molecule has 46 heavy (non-hydrogen) atoms. The molecule has 1 aromatic heterocycles. The number of amides is 2. The quantitative estimate of drug-likeness (QED) is 0.160. The van der Waals surface area contributed by atoms with Gasteiger partial charge in [-0.1, -0.05) is 68.5 Å². The summed E-state index contributed by atoms with van der Waals surface area (Å²) in [5.74, 6) is -0.997. The Balaban J connectivity index is 1.19. The van der Waals surface area contributed by atoms with Crippen molar-refractivity contribution in [2.75, 3.05) is 17.2 Å². The minimum Gasteiger partial charge on any atom is -0.478 e. The topological polar surface area (TPSA) is 112 Å². The number of rotatable bonds is 7. The average Bonchev–Trinajstić information content (AvgIpc) is 3.62. The van der Waals surface area contributed by atoms with Gasteiger partial charge in [0, 0.05) is 52.6 Å². The van der Waals surface area contributed by atoms with E-state index in [-0.39, 0.29) is 11.8 Å². The zero-order valence-corrected chi connectivity index (χ0v) is 26.0. The van der Waals surface area contributed by atoms with Crippen molar-refractivity contribution in [3.8, 4) is 11.3 Å². The van der Waals surface area contributed by atoms with Gasteiger partial charge in [0.1, 0.15) is 5.54 Å². The largest absolute Gasteiger partial charge is 0.478 e. The molecule has 0 atom stereocenters. The van der Waals surface area contributed by atoms with Crippen LogP contribution in [0.15, 0.2) is 72.8 Å². The van der Waals surface area contributed by atoms with E-state index in [1.165, 1.54) is 60.4 Å². The van der Waals surface area contributed by atoms with Crippen molar-refractivity contribution >= 4 is 46.1 Å². The maximum absolute atomic E-state index is 14.0. The minimum absolute atomic E-state index is 0.230. The number of aliphatic carboxylic acids is 1. The molecule has 1 aliphatic heterocycles. The average molecular weight is 617 g/mol. The molecule has 0 radical (unpaired) electrons. The van der Waals surface area contributed by atoms with Crippen molar-refractivity contribution in [2.24, 2.45) is 0 Å². The van der Waals surface area contributed by atoms with Gasteiger partial charge in [-0.3, -0.25) is 9.59 Å². The van der Waals surface area contributed by atoms with Gasteiger partial charge in [0.05, 0.1) is 5.69 Å². The zero-order valence-electron chi connectivity index (χ0n) is 26.0. The third kappa shape index (κ3) is 5.68. The van der Waals surface area contributed by atoms with Crippen molar-refractivity contribution in [2.45, 2.75) is 75.8 Å². The van der Waals surface area contributed by atoms with Gasteiger partial charge in [0.25, 0.3) is 5.91 Å². The van der Waals surface area contributed by atoms with Crippen molar-refractivity contribution in [1.82, 2.24) is 9.88 Å². The number of benzene rings is 3. The standard InChI is InChI=1S/C38H40N4O4/c43-33(44)19-14-25-12-16-28(17-13-25)40-37(46)38(20-6-7-21-38)41-36(45)27-15-18-30-32(24-27)42-23-22-39-31-11-5-4-10-29(31)35(42)34(30)26-8-2-1-3-9-26/h4-5,10-19,24,26,39H,1-3,6-9,20-23H2,(H,40,46)(H,41,45)(H,43,44). The van der Waals surface area contributed by atoms with Crippen LogP contribution in [-0.4, -0.2) is 39.5 Å². The molecule has 3 aliphatic rings. The van der Waals surface area contributed by atoms with E-state index >= 15 is 0 Å². The number of carbonyl (C=O) groups excluding carboxylic acids is 2. The fourth-order valence-corrected chi connectivity index (χ4v) is 7.76. The lowest BCUT2D eigenvalue weighted by atomic mass is 9.81. The Morgan fingerprint density at radius 2 is 1.67 bits per heavy atom. The fraction of sp³-hybridized carbons (Fsp3) is 0.342. The van der Waals surface area contributed by atoms with E-state index in [4.69, 9.17) is 5.11 Å². The van der Waals surface area contributed by atoms with Gasteiger partial charge in [-0.2, -0.15) is 0 Å². The number of carbonyl (C=O) groups is 3. The van der Waals surface area contributed by atoms with Crippen LogP contribution in [0.3, 0.4) is 0 Å². The van der Waals surface area contributed by atoms with E-state index in [2.05, 4.69) is 50.8 Å². The van der Waals surface area contributed by atoms with E-state index in [1.54, 1.807) is 24.3 Å². The normalized spacial score (nSPS) is 17.6. The summed E-state index contributed by atoms with van der Waals surface area (Å²) in [6.45, 7) is 1.60. The van der Waals surface area contributed by atoms with Crippen LogP contribution in [0, 0.1) is 0 Å². The number of carboxylic acids is 1. The van der Waals surface area contributed by atoms with Crippen LogP contribution in [0.25, 0.3) is 28.2 Å². The molecule has 2 aliphatic carbocycles. The fourth-order valence-electron chi connectivity index (χ4n) is 7.76. The summed E-state index contributed by atoms with van der Waals surface area (Å²) in [5.41, 5.74) is 7.00. The predicted molar refractivity (Wildman–Crippen MR) is 182 cm³/mol. The van der Waals surface area contributed by atoms with Crippen LogP contribution in [0.4, 0.5) is 11.4 Å². The molecule has 0 bridgehead atoms. The van der Waals surface area contributed by atoms with E-state index in [1.807, 2.05) is 12.1 Å². The molecular weight excluding hydrogens is 576 g/mol. The number of nitrogens with zero attached hydrogens (tertiary/aromatic N) is 1. The van der Waals surface area contributed by atoms with Gasteiger partial charge in [-0.15, -0.1) is 0 Å². The van der Waals surface area contributed by atoms with Gasteiger partial charge in [-0.25, -0.2) is 4.79 Å². The molecule has 3 aromatic carbocycles. The Bertz CT molecular complexity index is 1830. The molecule has 4 aromatic rings. The van der Waals surface area contributed by atoms with E-state index in [0.29, 0.717) is 35.6 Å². The molecule has 0 saturated heterocycles. The molecule has 2 saturated carbocycles. The molecule has 0 spiro atoms. The van der Waals surface area contributed by atoms with Crippen molar-refractivity contribution in [1.29, 1.82) is 0 Å². The molecule has 2 amide bonds. The maximum atomic E-state index is 14.0. The predicted octanol–water partition coefficient (Wildman–Crippen LogP) is 7.56. The summed E-state index contributed by atoms with van der Waals surface area (Å²) in [6, 6.07) is 21.6. The molecule has 4 N–H and O–H groups in total. The second kappa shape index (κ2) is 12.5. The van der Waals surface area contributed by atoms with Crippen molar-refractivity contribution in [3.63, 3.8) is 0 Å². The Labute approximate surface area is 268 Å². The Hall–Kier alpha value is -4.85. The van der Waals surface area contributed by atoms with Crippen LogP contribution in [-0.2, 0) is 16.1 Å². The zero-order chi connectivity index (χ0) is 31.7. The lowest BCUT2D eigenvalue weighted by Crippen LogP contribution is -2.55. The Morgan fingerprint density at radius 1 is 0.913 bits per heavy atom. The lowest BCUT2D eigenvalue weighted by Gasteiger charge is -2.29. The Morgan fingerprint density at radius 3 is 2.43 bits per heavy atom. The highest BCUT2D eigenvalue weighted by Gasteiger charge is 2.43. The number of para-hydroxylation sites is 1. The summed E-state index contributed by atoms with van der Waals surface area (Å²) in [4.78, 5) is 38.5. The highest BCUT2D eigenvalue weighted by atomic mass is 16.4. The number of anilines is 2. The summed E-state index contributed by atoms with van der Waals surface area (Å²) >= 11 is 0. The van der Waals surface area contributed by atoms with Gasteiger partial charge in [-0.05, 0) is 79.1 Å². The van der Waals surface area contributed by atoms with Gasteiger partial charge >= 0.3 is 5.97 Å². The third-order valence-electron chi connectivity index (χ3n) is 10.0. The molecule has 236 valence electrons. The van der Waals surface area contributed by atoms with Crippen molar-refractivity contribution < 1.29 is 19.5 Å². The third-order valence-corrected chi connectivity index (χ3v) is 10.0. The van der Waals surface area contributed by atoms with E-state index in [0.717, 1.165) is 43.2 Å². The highest BCUT2D eigenvalue weighted by molar-refractivity contribution is 6.06. The first kappa shape index (κ1) is 29.8. The molecule has 8 nitrogen and oxygen atoms in total. The lowest BCUT2D eigenvalue weighted by molar-refractivity contribution is -0.131. The summed E-state index contributed by atoms with van der Waals surface area (Å²) < 4.78 is 2.41. The molecule has 0 unspecified atom stereocenters. The number of hydrogen-bond acceptors (Lipinski definition) is 4. The van der Waals surface area contributed by atoms with Crippen LogP contribution >= 0.6 is 0 Å². The smallest absolute Gasteiger partial charge is 0.328 e. The molecule has 7 rings (SSSR count). The molecule has 2 heterocycles. The number of nitrogens with one attached hydrogen (secondary N) is 3. The van der Waals surface area contributed by atoms with Gasteiger partial charge < -0.3 is 25.6 Å². The minimum atomic E-state index is -1.02. The summed E-state index contributed by atoms with van der Waals surface area (Å²) in [7, 11) is 0. The van der Waals surface area contributed by atoms with Crippen molar-refractivity contribution in [3.05, 3.63) is 89.5 Å². The van der Waals surface area contributed by atoms with Gasteiger partial charge in [0.2, 0.25) is 5.91 Å². The highest BCUT2D eigenvalue weighted by Crippen LogP contribution is 2.46. The number of fused-ring (bicyclic) bond motifs is 5. The molecular formula is C38H40N4O4. The Kier molecular flexibility index (Phi) is 8.11. The SMILES string of the molecule is O=C(O)C=Cc1ccc(NC(=O)C2(NC(=O)c3ccc4c(C5CCCCC5)c5n(c4c3)CCNc3ccccc3-5)CCCC2)cc1. The number of carboxylic acid groups (broad SMARTS) is 1. The van der Waals surface area contributed by atoms with Crippen LogP contribution in [0.1, 0.15) is 85.2 Å². The summed E-state index contributed by atoms with van der Waals surface area (Å²) in [6.07, 6.45) is 11.6. The van der Waals surface area contributed by atoms with Crippen LogP contribution < -0.4 is 16.0 Å². The monoisotopic (exact) mass is 616 g/mol. The van der Waals surface area contributed by atoms with Gasteiger partial charge in [0.15, 0.2) is 0 Å². The second-order valence-corrected chi connectivity index (χ2v) is 12.9. The van der Waals surface area contributed by atoms with E-state index < -0.39 is 11.5 Å². The summed E-state index contributed by atoms with van der Waals surface area (Å²) in [5, 5.41) is 19.9. The first-order valence-electron chi connectivity index (χ1n) is 16.6. The van der Waals surface area contributed by atoms with Crippen LogP contribution in [0.5, 0.6) is 0 Å². The van der Waals surface area contributed by atoms with Crippen LogP contribution in [0.2, 0.25) is 0 Å². The number of hydrogen-bond donors (Lipinski definition) is 4. The number of aromatic nitrogens is 1.